The topological polar surface area (TPSA) is 90.9 Å². The van der Waals surface area contributed by atoms with E-state index in [1.807, 2.05) is 67.6 Å². The second-order valence-electron chi connectivity index (χ2n) is 10.4. The van der Waals surface area contributed by atoms with Crippen LogP contribution in [0.1, 0.15) is 44.4 Å². The highest BCUT2D eigenvalue weighted by Crippen LogP contribution is 2.51. The number of benzene rings is 3. The van der Waals surface area contributed by atoms with Crippen molar-refractivity contribution in [3.8, 4) is 0 Å². The highest BCUT2D eigenvalue weighted by molar-refractivity contribution is 7.89. The predicted octanol–water partition coefficient (Wildman–Crippen LogP) is 7.68. The van der Waals surface area contributed by atoms with Gasteiger partial charge in [-0.2, -0.15) is 0 Å². The van der Waals surface area contributed by atoms with Crippen LogP contribution in [0, 0.1) is 6.92 Å². The molecule has 0 saturated heterocycles. The molecular formula is C31H44NO6PSSi. The summed E-state index contributed by atoms with van der Waals surface area (Å²) in [5, 5.41) is 0. The molecule has 2 atom stereocenters. The number of sulfonamides is 1. The zero-order chi connectivity index (χ0) is 29.9. The van der Waals surface area contributed by atoms with Crippen molar-refractivity contribution in [1.29, 1.82) is 0 Å². The Morgan fingerprint density at radius 3 is 1.68 bits per heavy atom. The second kappa shape index (κ2) is 15.4. The molecule has 1 N–H and O–H groups in total. The van der Waals surface area contributed by atoms with Crippen LogP contribution in [-0.2, 0) is 41.3 Å². The van der Waals surface area contributed by atoms with Gasteiger partial charge in [-0.05, 0) is 55.2 Å². The van der Waals surface area contributed by atoms with Crippen LogP contribution in [-0.4, -0.2) is 35.0 Å². The summed E-state index contributed by atoms with van der Waals surface area (Å²) in [5.74, 6) is 0. The average Bonchev–Trinajstić information content (AvgIpc) is 2.98. The van der Waals surface area contributed by atoms with E-state index < -0.39 is 38.1 Å². The molecule has 3 rings (SSSR count). The van der Waals surface area contributed by atoms with Crippen molar-refractivity contribution in [2.75, 3.05) is 6.16 Å². The Kier molecular flexibility index (Phi) is 12.5. The van der Waals surface area contributed by atoms with E-state index in [0.29, 0.717) is 0 Å². The lowest BCUT2D eigenvalue weighted by molar-refractivity contribution is 0.146. The Balaban J connectivity index is 1.92. The standard InChI is InChI=1S/C31H44NO6PSSi/c1-6-41(7-2,8-3)38-31(27(5)32-40(34,35)30-21-19-26(4)20-22-30)25-39(33,36-23-28-15-11-9-12-16-28)37-24-29-17-13-10-14-18-29/h9-22,27,31-32H,6-8,23-25H2,1-5H3/t27-,31+/m1/s1. The molecule has 3 aromatic rings. The van der Waals surface area contributed by atoms with Crippen LogP contribution in [0.3, 0.4) is 0 Å². The molecular weight excluding hydrogens is 573 g/mol. The van der Waals surface area contributed by atoms with E-state index in [0.717, 1.165) is 34.8 Å². The lowest BCUT2D eigenvalue weighted by Gasteiger charge is -2.37. The molecule has 7 nitrogen and oxygen atoms in total. The monoisotopic (exact) mass is 617 g/mol. The van der Waals surface area contributed by atoms with Gasteiger partial charge < -0.3 is 13.5 Å². The van der Waals surface area contributed by atoms with Gasteiger partial charge in [-0.25, -0.2) is 13.1 Å². The highest BCUT2D eigenvalue weighted by atomic mass is 32.2. The van der Waals surface area contributed by atoms with Crippen molar-refractivity contribution in [2.24, 2.45) is 0 Å². The Morgan fingerprint density at radius 1 is 0.780 bits per heavy atom. The summed E-state index contributed by atoms with van der Waals surface area (Å²) in [4.78, 5) is 0.169. The minimum absolute atomic E-state index is 0.0843. The van der Waals surface area contributed by atoms with E-state index in [9.17, 15) is 13.0 Å². The fraction of sp³-hybridized carbons (Fsp3) is 0.419. The molecule has 10 heteroatoms. The van der Waals surface area contributed by atoms with Gasteiger partial charge in [0.05, 0.1) is 30.4 Å². The Morgan fingerprint density at radius 2 is 1.24 bits per heavy atom. The average molecular weight is 618 g/mol. The van der Waals surface area contributed by atoms with Crippen LogP contribution in [0.15, 0.2) is 89.8 Å². The van der Waals surface area contributed by atoms with E-state index in [1.165, 1.54) is 0 Å². The van der Waals surface area contributed by atoms with Crippen LogP contribution in [0.25, 0.3) is 0 Å². The van der Waals surface area contributed by atoms with Crippen LogP contribution in [0.4, 0.5) is 0 Å². The normalized spacial score (nSPS) is 14.1. The fourth-order valence-corrected chi connectivity index (χ4v) is 10.7. The molecule has 0 bridgehead atoms. The van der Waals surface area contributed by atoms with Crippen LogP contribution >= 0.6 is 7.60 Å². The molecule has 0 spiro atoms. The number of aryl methyl sites for hydroxylation is 1. The first kappa shape index (κ1) is 33.4. The van der Waals surface area contributed by atoms with Gasteiger partial charge >= 0.3 is 7.60 Å². The third-order valence-electron chi connectivity index (χ3n) is 7.51. The summed E-state index contributed by atoms with van der Waals surface area (Å²) in [7, 11) is -9.85. The molecule has 0 heterocycles. The first-order valence-corrected chi connectivity index (χ1v) is 20.0. The number of nitrogens with one attached hydrogen (secondary N) is 1. The van der Waals surface area contributed by atoms with Crippen molar-refractivity contribution < 1.29 is 26.5 Å². The lowest BCUT2D eigenvalue weighted by atomic mass is 10.2. The summed E-state index contributed by atoms with van der Waals surface area (Å²) >= 11 is 0. The second-order valence-corrected chi connectivity index (χ2v) is 19.0. The van der Waals surface area contributed by atoms with Gasteiger partial charge in [0.25, 0.3) is 0 Å². The van der Waals surface area contributed by atoms with Crippen LogP contribution < -0.4 is 4.72 Å². The minimum Gasteiger partial charge on any atom is -0.412 e. The largest absolute Gasteiger partial charge is 0.412 e. The zero-order valence-electron chi connectivity index (χ0n) is 24.8. The predicted molar refractivity (Wildman–Crippen MR) is 168 cm³/mol. The molecule has 0 unspecified atom stereocenters. The molecule has 224 valence electrons. The van der Waals surface area contributed by atoms with Gasteiger partial charge in [-0.15, -0.1) is 0 Å². The Labute approximate surface area is 247 Å². The molecule has 3 aromatic carbocycles. The lowest BCUT2D eigenvalue weighted by Crippen LogP contribution is -2.50. The molecule has 0 amide bonds. The molecule has 0 aliphatic heterocycles. The summed E-state index contributed by atoms with van der Waals surface area (Å²) < 4.78 is 62.8. The number of rotatable bonds is 17. The molecule has 0 aromatic heterocycles. The maximum atomic E-state index is 14.4. The molecule has 0 fully saturated rings. The maximum absolute atomic E-state index is 14.4. The fourth-order valence-electron chi connectivity index (χ4n) is 4.58. The maximum Gasteiger partial charge on any atom is 0.333 e. The van der Waals surface area contributed by atoms with Gasteiger partial charge in [-0.3, -0.25) is 4.57 Å². The SMILES string of the molecule is CC[Si](CC)(CC)O[C@@H](CP(=O)(OCc1ccccc1)OCc1ccccc1)[C@@H](C)NS(=O)(=O)c1ccc(C)cc1. The molecule has 0 saturated carbocycles. The van der Waals surface area contributed by atoms with E-state index in [1.54, 1.807) is 31.2 Å². The van der Waals surface area contributed by atoms with Crippen molar-refractivity contribution >= 4 is 25.9 Å². The Hall–Kier alpha value is -2.10. The number of hydrogen-bond acceptors (Lipinski definition) is 6. The summed E-state index contributed by atoms with van der Waals surface area (Å²) in [6, 6.07) is 27.6. The van der Waals surface area contributed by atoms with Gasteiger partial charge in [0, 0.05) is 6.04 Å². The summed E-state index contributed by atoms with van der Waals surface area (Å²) in [6.45, 7) is 10.2. The van der Waals surface area contributed by atoms with Crippen molar-refractivity contribution in [3.63, 3.8) is 0 Å². The van der Waals surface area contributed by atoms with E-state index in [-0.39, 0.29) is 24.3 Å². The third-order valence-corrected chi connectivity index (χ3v) is 15.6. The van der Waals surface area contributed by atoms with Gasteiger partial charge in [-0.1, -0.05) is 99.1 Å². The first-order chi connectivity index (χ1) is 19.5. The molecule has 0 aliphatic rings. The van der Waals surface area contributed by atoms with Crippen LogP contribution in [0.2, 0.25) is 18.1 Å². The van der Waals surface area contributed by atoms with Gasteiger partial charge in [0.1, 0.15) is 0 Å². The third kappa shape index (κ3) is 10.00. The van der Waals surface area contributed by atoms with Gasteiger partial charge in [0.2, 0.25) is 10.0 Å². The van der Waals surface area contributed by atoms with Crippen molar-refractivity contribution in [1.82, 2.24) is 4.72 Å². The molecule has 0 radical (unpaired) electrons. The van der Waals surface area contributed by atoms with Crippen molar-refractivity contribution in [3.05, 3.63) is 102 Å². The smallest absolute Gasteiger partial charge is 0.333 e. The van der Waals surface area contributed by atoms with Crippen molar-refractivity contribution in [2.45, 2.75) is 83.0 Å². The summed E-state index contributed by atoms with van der Waals surface area (Å²) in [5.41, 5.74) is 2.69. The Bertz CT molecular complexity index is 1300. The van der Waals surface area contributed by atoms with E-state index in [4.69, 9.17) is 13.5 Å². The quantitative estimate of drug-likeness (QED) is 0.123. The zero-order valence-corrected chi connectivity index (χ0v) is 27.5. The van der Waals surface area contributed by atoms with Gasteiger partial charge in [0.15, 0.2) is 8.32 Å². The molecule has 41 heavy (non-hydrogen) atoms. The van der Waals surface area contributed by atoms with Crippen LogP contribution in [0.5, 0.6) is 0 Å². The highest BCUT2D eigenvalue weighted by Gasteiger charge is 2.40. The number of hydrogen-bond donors (Lipinski definition) is 1. The van der Waals surface area contributed by atoms with E-state index >= 15 is 0 Å². The van der Waals surface area contributed by atoms with E-state index in [2.05, 4.69) is 25.5 Å². The first-order valence-electron chi connectivity index (χ1n) is 14.3. The minimum atomic E-state index is -3.85. The molecule has 0 aliphatic carbocycles. The summed E-state index contributed by atoms with van der Waals surface area (Å²) in [6.07, 6.45) is -0.807.